The highest BCUT2D eigenvalue weighted by Crippen LogP contribution is 2.24. The predicted octanol–water partition coefficient (Wildman–Crippen LogP) is 4.59. The Morgan fingerprint density at radius 3 is 2.44 bits per heavy atom. The molecule has 0 aliphatic heterocycles. The summed E-state index contributed by atoms with van der Waals surface area (Å²) in [7, 11) is 0. The highest BCUT2D eigenvalue weighted by atomic mass is 32.2. The molecule has 0 fully saturated rings. The van der Waals surface area contributed by atoms with Gasteiger partial charge in [0.2, 0.25) is 5.91 Å². The molecule has 3 amide bonds. The van der Waals surface area contributed by atoms with Gasteiger partial charge >= 0.3 is 6.03 Å². The van der Waals surface area contributed by atoms with E-state index >= 15 is 0 Å². The van der Waals surface area contributed by atoms with Gasteiger partial charge in [-0.15, -0.1) is 0 Å². The summed E-state index contributed by atoms with van der Waals surface area (Å²) in [5, 5.41) is 5.29. The van der Waals surface area contributed by atoms with E-state index < -0.39 is 17.8 Å². The molecule has 0 aliphatic carbocycles. The summed E-state index contributed by atoms with van der Waals surface area (Å²) in [6, 6.07) is 21.0. The maximum absolute atomic E-state index is 13.7. The van der Waals surface area contributed by atoms with Gasteiger partial charge in [0, 0.05) is 0 Å². The smallest absolute Gasteiger partial charge is 0.305 e. The van der Waals surface area contributed by atoms with Gasteiger partial charge in [-0.25, -0.2) is 14.2 Å². The Balaban J connectivity index is 1.55. The van der Waals surface area contributed by atoms with Crippen LogP contribution in [0.15, 0.2) is 88.8 Å². The first-order valence-electron chi connectivity index (χ1n) is 10.5. The molecule has 0 bridgehead atoms. The molecular weight excluding hydrogens is 455 g/mol. The van der Waals surface area contributed by atoms with E-state index in [0.29, 0.717) is 16.1 Å². The standard InChI is InChI=1S/C25H21FN4O3S/c1-16(17-9-3-2-4-10-17)30-23(32)18-11-5-7-13-20(18)28-25(30)34-15-22(31)29-24(33)27-21-14-8-6-12-19(21)26/h2-14,16H,15H2,1H3,(H2,27,29,31,33). The second-order valence-corrected chi connectivity index (χ2v) is 8.39. The summed E-state index contributed by atoms with van der Waals surface area (Å²) in [5.41, 5.74) is 1.17. The second-order valence-electron chi connectivity index (χ2n) is 7.44. The average molecular weight is 477 g/mol. The summed E-state index contributed by atoms with van der Waals surface area (Å²) in [6.07, 6.45) is 0. The van der Waals surface area contributed by atoms with Crippen LogP contribution in [0.3, 0.4) is 0 Å². The van der Waals surface area contributed by atoms with E-state index in [2.05, 4.69) is 15.6 Å². The minimum absolute atomic E-state index is 0.0397. The van der Waals surface area contributed by atoms with Crippen molar-refractivity contribution in [3.8, 4) is 0 Å². The van der Waals surface area contributed by atoms with Crippen molar-refractivity contribution in [1.82, 2.24) is 14.9 Å². The lowest BCUT2D eigenvalue weighted by molar-refractivity contribution is -0.117. The molecule has 1 atom stereocenters. The van der Waals surface area contributed by atoms with Crippen molar-refractivity contribution >= 4 is 40.3 Å². The lowest BCUT2D eigenvalue weighted by atomic mass is 10.1. The van der Waals surface area contributed by atoms with Crippen LogP contribution in [-0.4, -0.2) is 27.2 Å². The molecule has 4 rings (SSSR count). The molecule has 0 saturated carbocycles. The third-order valence-electron chi connectivity index (χ3n) is 5.15. The van der Waals surface area contributed by atoms with Gasteiger partial charge in [-0.3, -0.25) is 19.5 Å². The average Bonchev–Trinajstić information content (AvgIpc) is 2.84. The molecule has 2 N–H and O–H groups in total. The zero-order chi connectivity index (χ0) is 24.1. The lowest BCUT2D eigenvalue weighted by Crippen LogP contribution is -2.36. The zero-order valence-electron chi connectivity index (χ0n) is 18.2. The first-order valence-corrected chi connectivity index (χ1v) is 11.5. The summed E-state index contributed by atoms with van der Waals surface area (Å²) < 4.78 is 15.3. The number of nitrogens with zero attached hydrogens (tertiary/aromatic N) is 2. The molecule has 0 spiro atoms. The Hall–Kier alpha value is -3.98. The van der Waals surface area contributed by atoms with Gasteiger partial charge < -0.3 is 5.32 Å². The minimum Gasteiger partial charge on any atom is -0.305 e. The van der Waals surface area contributed by atoms with Gasteiger partial charge in [0.15, 0.2) is 5.16 Å². The van der Waals surface area contributed by atoms with Crippen LogP contribution in [-0.2, 0) is 4.79 Å². The fraction of sp³-hybridized carbons (Fsp3) is 0.120. The Bertz CT molecular complexity index is 1410. The second kappa shape index (κ2) is 10.3. The molecule has 3 aromatic carbocycles. The van der Waals surface area contributed by atoms with Gasteiger partial charge in [-0.2, -0.15) is 0 Å². The molecule has 172 valence electrons. The highest BCUT2D eigenvalue weighted by Gasteiger charge is 2.19. The number of carbonyl (C=O) groups excluding carboxylic acids is 2. The van der Waals surface area contributed by atoms with Gasteiger partial charge in [0.25, 0.3) is 5.56 Å². The summed E-state index contributed by atoms with van der Waals surface area (Å²) in [4.78, 5) is 42.4. The predicted molar refractivity (Wildman–Crippen MR) is 131 cm³/mol. The van der Waals surface area contributed by atoms with E-state index in [-0.39, 0.29) is 23.0 Å². The maximum atomic E-state index is 13.7. The van der Waals surface area contributed by atoms with E-state index in [1.54, 1.807) is 34.9 Å². The van der Waals surface area contributed by atoms with Crippen LogP contribution in [0.25, 0.3) is 10.9 Å². The van der Waals surface area contributed by atoms with E-state index in [0.717, 1.165) is 17.3 Å². The van der Waals surface area contributed by atoms with Crippen LogP contribution in [0, 0.1) is 5.82 Å². The number of hydrogen-bond acceptors (Lipinski definition) is 5. The molecule has 34 heavy (non-hydrogen) atoms. The number of urea groups is 1. The molecule has 0 saturated heterocycles. The molecule has 1 heterocycles. The number of fused-ring (bicyclic) bond motifs is 1. The number of thioether (sulfide) groups is 1. The largest absolute Gasteiger partial charge is 0.325 e. The van der Waals surface area contributed by atoms with Gasteiger partial charge in [0.05, 0.1) is 28.4 Å². The summed E-state index contributed by atoms with van der Waals surface area (Å²) >= 11 is 1.04. The molecule has 7 nitrogen and oxygen atoms in total. The van der Waals surface area contributed by atoms with E-state index in [9.17, 15) is 18.8 Å². The highest BCUT2D eigenvalue weighted by molar-refractivity contribution is 7.99. The lowest BCUT2D eigenvalue weighted by Gasteiger charge is -2.20. The third-order valence-corrected chi connectivity index (χ3v) is 6.10. The Morgan fingerprint density at radius 1 is 1.00 bits per heavy atom. The van der Waals surface area contributed by atoms with Crippen molar-refractivity contribution in [2.24, 2.45) is 0 Å². The van der Waals surface area contributed by atoms with Crippen molar-refractivity contribution < 1.29 is 14.0 Å². The topological polar surface area (TPSA) is 93.1 Å². The summed E-state index contributed by atoms with van der Waals surface area (Å²) in [5.74, 6) is -1.39. The van der Waals surface area contributed by atoms with Crippen LogP contribution in [0.2, 0.25) is 0 Å². The van der Waals surface area contributed by atoms with Crippen LogP contribution in [0.1, 0.15) is 18.5 Å². The first kappa shape index (κ1) is 23.2. The van der Waals surface area contributed by atoms with Gasteiger partial charge in [-0.05, 0) is 36.8 Å². The van der Waals surface area contributed by atoms with E-state index in [1.807, 2.05) is 37.3 Å². The Kier molecular flexibility index (Phi) is 7.03. The first-order chi connectivity index (χ1) is 16.4. The Labute approximate surface area is 199 Å². The molecule has 1 aromatic heterocycles. The van der Waals surface area contributed by atoms with Gasteiger partial charge in [0.1, 0.15) is 5.82 Å². The monoisotopic (exact) mass is 476 g/mol. The third kappa shape index (κ3) is 5.15. The van der Waals surface area contributed by atoms with Crippen molar-refractivity contribution in [1.29, 1.82) is 0 Å². The van der Waals surface area contributed by atoms with Crippen molar-refractivity contribution in [3.63, 3.8) is 0 Å². The molecule has 9 heteroatoms. The number of amides is 3. The molecular formula is C25H21FN4O3S. The fourth-order valence-corrected chi connectivity index (χ4v) is 4.33. The quantitative estimate of drug-likeness (QED) is 0.314. The normalized spacial score (nSPS) is 11.7. The molecule has 1 unspecified atom stereocenters. The summed E-state index contributed by atoms with van der Waals surface area (Å²) in [6.45, 7) is 1.89. The number of para-hydroxylation sites is 2. The number of aromatic nitrogens is 2. The van der Waals surface area contributed by atoms with Crippen LogP contribution in [0.4, 0.5) is 14.9 Å². The number of hydrogen-bond donors (Lipinski definition) is 2. The molecule has 0 radical (unpaired) electrons. The molecule has 0 aliphatic rings. The van der Waals surface area contributed by atoms with Crippen molar-refractivity contribution in [2.45, 2.75) is 18.1 Å². The fourth-order valence-electron chi connectivity index (χ4n) is 3.46. The van der Waals surface area contributed by atoms with E-state index in [1.165, 1.54) is 18.2 Å². The van der Waals surface area contributed by atoms with Crippen molar-refractivity contribution in [3.05, 3.63) is 101 Å². The number of carbonyl (C=O) groups is 2. The number of nitrogens with one attached hydrogen (secondary N) is 2. The Morgan fingerprint density at radius 2 is 1.68 bits per heavy atom. The van der Waals surface area contributed by atoms with Crippen molar-refractivity contribution in [2.75, 3.05) is 11.1 Å². The van der Waals surface area contributed by atoms with E-state index in [4.69, 9.17) is 0 Å². The molecule has 4 aromatic rings. The zero-order valence-corrected chi connectivity index (χ0v) is 19.0. The number of halogens is 1. The minimum atomic E-state index is -0.850. The van der Waals surface area contributed by atoms with Gasteiger partial charge in [-0.1, -0.05) is 66.4 Å². The number of benzene rings is 3. The van der Waals surface area contributed by atoms with Crippen LogP contribution >= 0.6 is 11.8 Å². The van der Waals surface area contributed by atoms with Crippen LogP contribution < -0.4 is 16.2 Å². The maximum Gasteiger partial charge on any atom is 0.325 e. The number of rotatable bonds is 6. The SMILES string of the molecule is CC(c1ccccc1)n1c(SCC(=O)NC(=O)Nc2ccccc2F)nc2ccccc2c1=O. The number of anilines is 1. The van der Waals surface area contributed by atoms with Crippen LogP contribution in [0.5, 0.6) is 0 Å². The number of imide groups is 1.